The number of ether oxygens (including phenoxy) is 1. The summed E-state index contributed by atoms with van der Waals surface area (Å²) in [5.41, 5.74) is -0.146. The zero-order valence-electron chi connectivity index (χ0n) is 5.56. The third-order valence-electron chi connectivity index (χ3n) is 0.481. The van der Waals surface area contributed by atoms with Gasteiger partial charge in [-0.15, -0.1) is 6.42 Å². The van der Waals surface area contributed by atoms with E-state index in [1.807, 2.05) is 20.8 Å². The standard InChI is InChI=1S/C7H11O/c1-5-6-8-7(2,3)4/h1,6H,2-4H3. The molecule has 0 unspecified atom stereocenters. The molecule has 8 heavy (non-hydrogen) atoms. The minimum Gasteiger partial charge on any atom is -0.356 e. The normalized spacial score (nSPS) is 10.8. The van der Waals surface area contributed by atoms with Crippen LogP contribution in [0.4, 0.5) is 0 Å². The van der Waals surface area contributed by atoms with Crippen LogP contribution in [0.1, 0.15) is 20.8 Å². The van der Waals surface area contributed by atoms with Gasteiger partial charge in [-0.2, -0.15) is 0 Å². The summed E-state index contributed by atoms with van der Waals surface area (Å²) in [7, 11) is 0. The van der Waals surface area contributed by atoms with Crippen molar-refractivity contribution in [3.63, 3.8) is 0 Å². The molecular weight excluding hydrogens is 100 g/mol. The summed E-state index contributed by atoms with van der Waals surface area (Å²) in [6.07, 6.45) is 4.91. The highest BCUT2D eigenvalue weighted by Gasteiger charge is 2.07. The molecule has 0 rings (SSSR count). The van der Waals surface area contributed by atoms with E-state index in [2.05, 4.69) is 5.92 Å². The highest BCUT2D eigenvalue weighted by atomic mass is 16.5. The first-order valence-electron chi connectivity index (χ1n) is 2.52. The van der Waals surface area contributed by atoms with Crippen LogP contribution in [0.5, 0.6) is 0 Å². The van der Waals surface area contributed by atoms with Crippen LogP contribution in [0.25, 0.3) is 0 Å². The van der Waals surface area contributed by atoms with Crippen molar-refractivity contribution < 1.29 is 4.74 Å². The predicted octanol–water partition coefficient (Wildman–Crippen LogP) is 1.60. The Kier molecular flexibility index (Phi) is 2.57. The van der Waals surface area contributed by atoms with E-state index in [1.54, 1.807) is 0 Å². The Morgan fingerprint density at radius 3 is 2.12 bits per heavy atom. The summed E-state index contributed by atoms with van der Waals surface area (Å²) in [6.45, 7) is 7.20. The molecule has 0 atom stereocenters. The molecule has 0 spiro atoms. The van der Waals surface area contributed by atoms with Crippen molar-refractivity contribution in [3.05, 3.63) is 6.61 Å². The minimum absolute atomic E-state index is 0.146. The molecule has 45 valence electrons. The highest BCUT2D eigenvalue weighted by Crippen LogP contribution is 2.06. The van der Waals surface area contributed by atoms with Gasteiger partial charge in [0, 0.05) is 0 Å². The van der Waals surface area contributed by atoms with Crippen LogP contribution in [0.3, 0.4) is 0 Å². The smallest absolute Gasteiger partial charge is 0.155 e. The quantitative estimate of drug-likeness (QED) is 0.467. The Morgan fingerprint density at radius 2 is 2.00 bits per heavy atom. The SMILES string of the molecule is C#C[CH]OC(C)(C)C. The van der Waals surface area contributed by atoms with Crippen molar-refractivity contribution >= 4 is 0 Å². The van der Waals surface area contributed by atoms with Crippen LogP contribution in [0.2, 0.25) is 0 Å². The van der Waals surface area contributed by atoms with Crippen molar-refractivity contribution in [2.75, 3.05) is 0 Å². The molecule has 0 aromatic rings. The van der Waals surface area contributed by atoms with Crippen molar-refractivity contribution in [2.24, 2.45) is 0 Å². The highest BCUT2D eigenvalue weighted by molar-refractivity contribution is 4.95. The summed E-state index contributed by atoms with van der Waals surface area (Å²) < 4.78 is 5.02. The van der Waals surface area contributed by atoms with E-state index in [0.29, 0.717) is 0 Å². The van der Waals surface area contributed by atoms with Crippen LogP contribution in [-0.2, 0) is 4.74 Å². The number of hydrogen-bond donors (Lipinski definition) is 0. The van der Waals surface area contributed by atoms with Gasteiger partial charge in [-0.3, -0.25) is 0 Å². The van der Waals surface area contributed by atoms with E-state index < -0.39 is 0 Å². The van der Waals surface area contributed by atoms with Crippen LogP contribution in [-0.4, -0.2) is 5.60 Å². The Morgan fingerprint density at radius 1 is 1.50 bits per heavy atom. The zero-order chi connectivity index (χ0) is 6.62. The second kappa shape index (κ2) is 2.74. The van der Waals surface area contributed by atoms with Crippen LogP contribution in [0.15, 0.2) is 0 Å². The second-order valence-corrected chi connectivity index (χ2v) is 2.51. The van der Waals surface area contributed by atoms with Gasteiger partial charge in [-0.1, -0.05) is 5.92 Å². The van der Waals surface area contributed by atoms with Crippen molar-refractivity contribution in [3.8, 4) is 12.3 Å². The van der Waals surface area contributed by atoms with Crippen LogP contribution < -0.4 is 0 Å². The molecule has 1 nitrogen and oxygen atoms in total. The Hall–Kier alpha value is -0.480. The maximum Gasteiger partial charge on any atom is 0.155 e. The molecule has 0 aliphatic rings. The lowest BCUT2D eigenvalue weighted by Crippen LogP contribution is -2.16. The van der Waals surface area contributed by atoms with Gasteiger partial charge in [0.1, 0.15) is 0 Å². The lowest BCUT2D eigenvalue weighted by molar-refractivity contribution is 0.0553. The summed E-state index contributed by atoms with van der Waals surface area (Å²) in [5, 5.41) is 0. The zero-order valence-corrected chi connectivity index (χ0v) is 5.56. The van der Waals surface area contributed by atoms with Crippen LogP contribution >= 0.6 is 0 Å². The first-order chi connectivity index (χ1) is 3.56. The average Bonchev–Trinajstić information content (AvgIpc) is 1.59. The molecular formula is C7H11O. The maximum absolute atomic E-state index is 5.02. The van der Waals surface area contributed by atoms with Gasteiger partial charge >= 0.3 is 0 Å². The number of hydrogen-bond acceptors (Lipinski definition) is 1. The third kappa shape index (κ3) is 5.52. The van der Waals surface area contributed by atoms with E-state index in [-0.39, 0.29) is 5.60 Å². The van der Waals surface area contributed by atoms with Gasteiger partial charge in [0.25, 0.3) is 0 Å². The second-order valence-electron chi connectivity index (χ2n) is 2.51. The molecule has 0 saturated carbocycles. The van der Waals surface area contributed by atoms with Gasteiger partial charge < -0.3 is 4.74 Å². The molecule has 0 amide bonds. The fourth-order valence-corrected chi connectivity index (χ4v) is 0.211. The van der Waals surface area contributed by atoms with Crippen molar-refractivity contribution in [2.45, 2.75) is 26.4 Å². The molecule has 0 heterocycles. The fourth-order valence-electron chi connectivity index (χ4n) is 0.211. The first-order valence-corrected chi connectivity index (χ1v) is 2.52. The average molecular weight is 111 g/mol. The van der Waals surface area contributed by atoms with Gasteiger partial charge in [0.05, 0.1) is 5.60 Å². The van der Waals surface area contributed by atoms with Gasteiger partial charge in [-0.05, 0) is 20.8 Å². The van der Waals surface area contributed by atoms with Crippen molar-refractivity contribution in [1.82, 2.24) is 0 Å². The largest absolute Gasteiger partial charge is 0.356 e. The van der Waals surface area contributed by atoms with Crippen LogP contribution in [0, 0.1) is 19.0 Å². The topological polar surface area (TPSA) is 9.23 Å². The summed E-state index contributed by atoms with van der Waals surface area (Å²) in [5.74, 6) is 2.28. The van der Waals surface area contributed by atoms with E-state index in [9.17, 15) is 0 Å². The van der Waals surface area contributed by atoms with E-state index >= 15 is 0 Å². The van der Waals surface area contributed by atoms with E-state index in [0.717, 1.165) is 0 Å². The molecule has 1 radical (unpaired) electrons. The molecule has 0 N–H and O–H groups in total. The van der Waals surface area contributed by atoms with Gasteiger partial charge in [0.15, 0.2) is 6.61 Å². The lowest BCUT2D eigenvalue weighted by Gasteiger charge is -2.16. The minimum atomic E-state index is -0.146. The molecule has 0 fully saturated rings. The molecule has 0 saturated heterocycles. The molecule has 1 heteroatoms. The Labute approximate surface area is 51.0 Å². The molecule has 0 aliphatic heterocycles. The number of rotatable bonds is 1. The lowest BCUT2D eigenvalue weighted by atomic mass is 10.2. The maximum atomic E-state index is 5.02. The van der Waals surface area contributed by atoms with Gasteiger partial charge in [-0.25, -0.2) is 0 Å². The summed E-state index contributed by atoms with van der Waals surface area (Å²) in [6, 6.07) is 0. The summed E-state index contributed by atoms with van der Waals surface area (Å²) >= 11 is 0. The summed E-state index contributed by atoms with van der Waals surface area (Å²) in [4.78, 5) is 0. The Balaban J connectivity index is 3.28. The fraction of sp³-hybridized carbons (Fsp3) is 0.571. The van der Waals surface area contributed by atoms with Gasteiger partial charge in [0.2, 0.25) is 0 Å². The first kappa shape index (κ1) is 7.52. The third-order valence-corrected chi connectivity index (χ3v) is 0.481. The Bertz CT molecular complexity index is 91.9. The van der Waals surface area contributed by atoms with E-state index in [4.69, 9.17) is 11.2 Å². The number of terminal acetylenes is 1. The molecule has 0 bridgehead atoms. The molecule has 0 aliphatic carbocycles. The van der Waals surface area contributed by atoms with Crippen molar-refractivity contribution in [1.29, 1.82) is 0 Å². The van der Waals surface area contributed by atoms with E-state index in [1.165, 1.54) is 6.61 Å². The predicted molar refractivity (Wildman–Crippen MR) is 34.0 cm³/mol. The molecule has 0 aromatic carbocycles. The monoisotopic (exact) mass is 111 g/mol. The molecule has 0 aromatic heterocycles.